The van der Waals surface area contributed by atoms with Gasteiger partial charge in [0.25, 0.3) is 0 Å². The molecule has 3 aliphatic rings. The van der Waals surface area contributed by atoms with E-state index >= 15 is 0 Å². The van der Waals surface area contributed by atoms with Gasteiger partial charge < -0.3 is 0 Å². The molecule has 0 aliphatic heterocycles. The van der Waals surface area contributed by atoms with E-state index in [9.17, 15) is 0 Å². The molecule has 0 saturated heterocycles. The van der Waals surface area contributed by atoms with Gasteiger partial charge in [0.05, 0.1) is 0 Å². The van der Waals surface area contributed by atoms with Crippen molar-refractivity contribution in [3.05, 3.63) is 124 Å². The molecule has 0 amide bonds. The van der Waals surface area contributed by atoms with Crippen molar-refractivity contribution in [2.24, 2.45) is 11.3 Å². The van der Waals surface area contributed by atoms with E-state index in [0.29, 0.717) is 11.3 Å². The Morgan fingerprint density at radius 3 is 1.67 bits per heavy atom. The van der Waals surface area contributed by atoms with Gasteiger partial charge in [0.1, 0.15) is 0 Å². The molecule has 1 heteroatoms. The number of rotatable bonds is 1. The van der Waals surface area contributed by atoms with Gasteiger partial charge >= 0.3 is 76.7 Å². The van der Waals surface area contributed by atoms with E-state index < -0.39 is 0 Å². The van der Waals surface area contributed by atoms with Gasteiger partial charge in [-0.2, -0.15) is 11.6 Å². The van der Waals surface area contributed by atoms with Crippen LogP contribution in [0.2, 0.25) is 0 Å². The van der Waals surface area contributed by atoms with E-state index in [2.05, 4.69) is 166 Å². The maximum absolute atomic E-state index is 3.26. The van der Waals surface area contributed by atoms with Crippen LogP contribution < -0.4 is 0 Å². The average molecular weight is 642 g/mol. The molecule has 7 rings (SSSR count). The van der Waals surface area contributed by atoms with Crippen molar-refractivity contribution in [1.82, 2.24) is 0 Å². The average Bonchev–Trinajstić information content (AvgIpc) is 3.67. The fourth-order valence-electron chi connectivity index (χ4n) is 6.16. The molecule has 4 aromatic rings. The van der Waals surface area contributed by atoms with E-state index in [-0.39, 0.29) is 10.8 Å². The van der Waals surface area contributed by atoms with E-state index in [4.69, 9.17) is 0 Å². The molecule has 4 aromatic carbocycles. The van der Waals surface area contributed by atoms with Crippen molar-refractivity contribution in [3.63, 3.8) is 0 Å². The second kappa shape index (κ2) is 11.6. The molecule has 0 N–H and O–H groups in total. The second-order valence-electron chi connectivity index (χ2n) is 14.8. The van der Waals surface area contributed by atoms with E-state index in [0.717, 1.165) is 0 Å². The Balaban J connectivity index is 0.000000153. The molecular formula is C42H46Zr. The Bertz CT molecular complexity index is 1730. The zero-order valence-corrected chi connectivity index (χ0v) is 30.2. The molecule has 0 radical (unpaired) electrons. The van der Waals surface area contributed by atoms with Crippen molar-refractivity contribution in [2.45, 2.75) is 80.1 Å². The molecule has 3 aliphatic carbocycles. The standard InChI is InChI=1S/C23H21.C10H15.C9H10.Zr/c1-22(2)7-5-14-10-18-16(12-20(14)22)9-17-13-21-15(11-19(17)18)6-8-23(21,3)4;1-8-5-6-9(7-8)10(2,3)4;1-3-9-6-4-8(2)5-7-9;/h5-13H,1-4H3;6-8H,1-4H3;4-7H,1-2H3;/q2*-1;;+2. The van der Waals surface area contributed by atoms with Crippen molar-refractivity contribution in [2.75, 3.05) is 0 Å². The van der Waals surface area contributed by atoms with Crippen LogP contribution in [0, 0.1) is 24.3 Å². The number of fused-ring (bicyclic) bond motifs is 5. The van der Waals surface area contributed by atoms with Crippen LogP contribution in [0.1, 0.15) is 95.7 Å². The summed E-state index contributed by atoms with van der Waals surface area (Å²) in [6.07, 6.45) is 16.9. The summed E-state index contributed by atoms with van der Waals surface area (Å²) in [7, 11) is 0. The fraction of sp³-hybridized carbons (Fsp3) is 0.333. The van der Waals surface area contributed by atoms with Gasteiger partial charge in [0.15, 0.2) is 0 Å². The van der Waals surface area contributed by atoms with Gasteiger partial charge in [-0.15, -0.1) is 39.7 Å². The third-order valence-corrected chi connectivity index (χ3v) is 9.78. The minimum atomic E-state index is 0.152. The summed E-state index contributed by atoms with van der Waals surface area (Å²) in [5, 5.41) is 5.53. The van der Waals surface area contributed by atoms with Gasteiger partial charge in [0, 0.05) is 10.8 Å². The maximum atomic E-state index is 3.26. The molecule has 0 saturated carbocycles. The molecular weight excluding hydrogens is 596 g/mol. The Morgan fingerprint density at radius 1 is 0.814 bits per heavy atom. The first-order chi connectivity index (χ1) is 20.0. The molecule has 43 heavy (non-hydrogen) atoms. The van der Waals surface area contributed by atoms with E-state index in [1.807, 2.05) is 0 Å². The molecule has 1 atom stereocenters. The molecule has 0 nitrogen and oxygen atoms in total. The van der Waals surface area contributed by atoms with Crippen LogP contribution in [0.15, 0.2) is 84.5 Å². The van der Waals surface area contributed by atoms with E-state index in [1.165, 1.54) is 87.9 Å². The van der Waals surface area contributed by atoms with Gasteiger partial charge in [-0.3, -0.25) is 6.08 Å². The summed E-state index contributed by atoms with van der Waals surface area (Å²) >= 11 is 1.51. The van der Waals surface area contributed by atoms with E-state index in [1.54, 1.807) is 0 Å². The molecule has 0 spiro atoms. The number of hydrogen-bond acceptors (Lipinski definition) is 0. The number of benzene rings is 3. The van der Waals surface area contributed by atoms with Gasteiger partial charge in [-0.1, -0.05) is 114 Å². The van der Waals surface area contributed by atoms with Gasteiger partial charge in [0.2, 0.25) is 0 Å². The zero-order chi connectivity index (χ0) is 31.3. The Kier molecular flexibility index (Phi) is 8.56. The fourth-order valence-corrected chi connectivity index (χ4v) is 6.57. The molecule has 0 bridgehead atoms. The van der Waals surface area contributed by atoms with Crippen molar-refractivity contribution < 1.29 is 24.2 Å². The van der Waals surface area contributed by atoms with Crippen molar-refractivity contribution in [3.8, 4) is 0 Å². The molecule has 218 valence electrons. The quantitative estimate of drug-likeness (QED) is 0.181. The number of aryl methyl sites for hydroxylation is 1. The molecule has 0 heterocycles. The van der Waals surface area contributed by atoms with Gasteiger partial charge in [-0.25, -0.2) is 6.08 Å². The van der Waals surface area contributed by atoms with Crippen LogP contribution in [0.3, 0.4) is 0 Å². The van der Waals surface area contributed by atoms with Crippen molar-refractivity contribution >= 4 is 36.9 Å². The Labute approximate surface area is 275 Å². The summed E-state index contributed by atoms with van der Waals surface area (Å²) < 4.78 is 1.46. The van der Waals surface area contributed by atoms with Crippen molar-refractivity contribution in [1.29, 1.82) is 0 Å². The summed E-state index contributed by atoms with van der Waals surface area (Å²) in [6, 6.07) is 20.6. The molecule has 0 fully saturated rings. The first-order valence-corrected chi connectivity index (χ1v) is 16.8. The predicted octanol–water partition coefficient (Wildman–Crippen LogP) is 11.4. The topological polar surface area (TPSA) is 0 Å². The third kappa shape index (κ3) is 6.68. The summed E-state index contributed by atoms with van der Waals surface area (Å²) in [5.74, 6) is 0.522. The second-order valence-corrected chi connectivity index (χ2v) is 16.6. The zero-order valence-electron chi connectivity index (χ0n) is 27.7. The molecule has 0 aromatic heterocycles. The Morgan fingerprint density at radius 2 is 1.30 bits per heavy atom. The van der Waals surface area contributed by atoms with Gasteiger partial charge in [-0.05, 0) is 11.1 Å². The van der Waals surface area contributed by atoms with Crippen LogP contribution in [0.4, 0.5) is 0 Å². The Hall–Kier alpha value is -2.76. The van der Waals surface area contributed by atoms with Crippen LogP contribution >= 0.6 is 0 Å². The van der Waals surface area contributed by atoms with Crippen LogP contribution in [-0.2, 0) is 35.1 Å². The van der Waals surface area contributed by atoms with Crippen LogP contribution in [0.25, 0.3) is 33.7 Å². The monoisotopic (exact) mass is 640 g/mol. The first kappa shape index (κ1) is 31.7. The van der Waals surface area contributed by atoms with Crippen LogP contribution in [-0.4, -0.2) is 3.21 Å². The van der Waals surface area contributed by atoms with Crippen LogP contribution in [0.5, 0.6) is 0 Å². The number of allylic oxidation sites excluding steroid dienone is 6. The SMILES string of the molecule is CC1(C)C=Cc2cc3c(cc21)[cH-]c1cc2c(cc13)C=CC2(C)C.CC1[C-]=CC(C(C)(C)C)=C1.C[C](=[Zr+2])c1ccc(C)cc1. The predicted molar refractivity (Wildman–Crippen MR) is 187 cm³/mol. The summed E-state index contributed by atoms with van der Waals surface area (Å²) in [6.45, 7) is 22.3. The normalized spacial score (nSPS) is 18.6. The third-order valence-electron chi connectivity index (χ3n) is 9.07. The molecule has 1 unspecified atom stereocenters. The summed E-state index contributed by atoms with van der Waals surface area (Å²) in [4.78, 5) is 0. The minimum absolute atomic E-state index is 0.152. The summed E-state index contributed by atoms with van der Waals surface area (Å²) in [5.41, 5.74) is 10.4. The first-order valence-electron chi connectivity index (χ1n) is 15.6. The number of hydrogen-bond donors (Lipinski definition) is 0.